The van der Waals surface area contributed by atoms with E-state index in [0.29, 0.717) is 31.1 Å². The summed E-state index contributed by atoms with van der Waals surface area (Å²) in [5.41, 5.74) is 3.39. The Bertz CT molecular complexity index is 1220. The molecule has 33 heavy (non-hydrogen) atoms. The zero-order chi connectivity index (χ0) is 22.6. The quantitative estimate of drug-likeness (QED) is 0.465. The number of benzene rings is 2. The number of nitrogens with zero attached hydrogens (tertiary/aromatic N) is 5. The molecular formula is C25H28N6O2. The fraction of sp³-hybridized carbons (Fsp3) is 0.360. The molecule has 170 valence electrons. The number of amides is 1. The maximum Gasteiger partial charge on any atom is 0.222 e. The topological polar surface area (TPSA) is 88.9 Å². The summed E-state index contributed by atoms with van der Waals surface area (Å²) in [6, 6.07) is 15.9. The Morgan fingerprint density at radius 2 is 1.97 bits per heavy atom. The number of aromatic nitrogens is 5. The normalized spacial score (nSPS) is 14.6. The Morgan fingerprint density at radius 3 is 2.76 bits per heavy atom. The number of carbonyl (C=O) groups excluding carboxylic acids is 1. The molecular weight excluding hydrogens is 416 g/mol. The molecule has 0 bridgehead atoms. The number of hydrogen-bond donors (Lipinski definition) is 1. The van der Waals surface area contributed by atoms with Crippen molar-refractivity contribution in [1.82, 2.24) is 30.1 Å². The van der Waals surface area contributed by atoms with Gasteiger partial charge in [-0.2, -0.15) is 4.80 Å². The van der Waals surface area contributed by atoms with Crippen LogP contribution in [0.15, 0.2) is 54.7 Å². The Hall–Kier alpha value is -3.68. The third kappa shape index (κ3) is 4.60. The van der Waals surface area contributed by atoms with Gasteiger partial charge in [0.05, 0.1) is 13.7 Å². The third-order valence-electron chi connectivity index (χ3n) is 6.44. The van der Waals surface area contributed by atoms with E-state index in [4.69, 9.17) is 4.74 Å². The first kappa shape index (κ1) is 21.2. The average Bonchev–Trinajstić information content (AvgIpc) is 3.51. The van der Waals surface area contributed by atoms with Crippen LogP contribution < -0.4 is 4.74 Å². The van der Waals surface area contributed by atoms with Crippen molar-refractivity contribution in [1.29, 1.82) is 0 Å². The van der Waals surface area contributed by atoms with E-state index in [1.807, 2.05) is 41.3 Å². The molecule has 2 aromatic heterocycles. The minimum atomic E-state index is 0.206. The number of tetrazole rings is 1. The summed E-state index contributed by atoms with van der Waals surface area (Å²) in [6.45, 7) is 2.17. The van der Waals surface area contributed by atoms with Crippen molar-refractivity contribution >= 4 is 16.8 Å². The van der Waals surface area contributed by atoms with Crippen molar-refractivity contribution in [2.45, 2.75) is 38.1 Å². The second kappa shape index (κ2) is 9.44. The first-order chi connectivity index (χ1) is 16.2. The van der Waals surface area contributed by atoms with Gasteiger partial charge in [0.2, 0.25) is 11.7 Å². The number of aromatic amines is 1. The second-order valence-electron chi connectivity index (χ2n) is 8.49. The van der Waals surface area contributed by atoms with Crippen LogP contribution in [0.4, 0.5) is 0 Å². The van der Waals surface area contributed by atoms with Gasteiger partial charge in [-0.25, -0.2) is 0 Å². The number of methoxy groups -OCH3 is 1. The first-order valence-corrected chi connectivity index (χ1v) is 11.5. The summed E-state index contributed by atoms with van der Waals surface area (Å²) in [5, 5.41) is 13.9. The number of ether oxygens (including phenoxy) is 1. The van der Waals surface area contributed by atoms with E-state index in [1.165, 1.54) is 10.9 Å². The van der Waals surface area contributed by atoms with Gasteiger partial charge in [-0.05, 0) is 54.2 Å². The number of carbonyl (C=O) groups is 1. The van der Waals surface area contributed by atoms with Crippen molar-refractivity contribution in [3.8, 4) is 17.1 Å². The van der Waals surface area contributed by atoms with E-state index in [9.17, 15) is 4.79 Å². The van der Waals surface area contributed by atoms with Gasteiger partial charge in [-0.1, -0.05) is 30.3 Å². The predicted octanol–water partition coefficient (Wildman–Crippen LogP) is 4.02. The van der Waals surface area contributed by atoms with Crippen molar-refractivity contribution in [2.75, 3.05) is 20.2 Å². The molecule has 0 radical (unpaired) electrons. The van der Waals surface area contributed by atoms with Crippen LogP contribution in [0.3, 0.4) is 0 Å². The van der Waals surface area contributed by atoms with Crippen LogP contribution in [0.1, 0.15) is 37.2 Å². The van der Waals surface area contributed by atoms with Crippen LogP contribution in [-0.2, 0) is 11.3 Å². The van der Waals surface area contributed by atoms with E-state index >= 15 is 0 Å². The maximum atomic E-state index is 12.7. The number of rotatable bonds is 7. The average molecular weight is 445 g/mol. The molecule has 5 rings (SSSR count). The zero-order valence-electron chi connectivity index (χ0n) is 18.8. The maximum absolute atomic E-state index is 12.7. The lowest BCUT2D eigenvalue weighted by molar-refractivity contribution is -0.132. The van der Waals surface area contributed by atoms with Gasteiger partial charge in [0.1, 0.15) is 5.75 Å². The molecule has 8 heteroatoms. The molecule has 1 amide bonds. The second-order valence-corrected chi connectivity index (χ2v) is 8.49. The number of nitrogens with one attached hydrogen (secondary N) is 1. The van der Waals surface area contributed by atoms with Gasteiger partial charge < -0.3 is 14.6 Å². The summed E-state index contributed by atoms with van der Waals surface area (Å²) in [6.07, 6.45) is 5.26. The largest absolute Gasteiger partial charge is 0.497 e. The standard InChI is InChI=1S/C25H28N6O2/c1-33-20-9-10-23-21(16-20)22(17-26-23)18-11-14-30(15-12-18)24(32)8-5-13-31-28-25(27-29-31)19-6-3-2-4-7-19/h2-4,6-7,9-10,16-18,26H,5,8,11-15H2,1H3. The van der Waals surface area contributed by atoms with Gasteiger partial charge >= 0.3 is 0 Å². The number of fused-ring (bicyclic) bond motifs is 1. The summed E-state index contributed by atoms with van der Waals surface area (Å²) in [4.78, 5) is 19.7. The highest BCUT2D eigenvalue weighted by Gasteiger charge is 2.25. The lowest BCUT2D eigenvalue weighted by Crippen LogP contribution is -2.37. The Kier molecular flexibility index (Phi) is 6.06. The van der Waals surface area contributed by atoms with Gasteiger partial charge in [0, 0.05) is 42.2 Å². The van der Waals surface area contributed by atoms with Crippen molar-refractivity contribution in [3.05, 3.63) is 60.3 Å². The lowest BCUT2D eigenvalue weighted by Gasteiger charge is -2.32. The molecule has 1 N–H and O–H groups in total. The number of hydrogen-bond acceptors (Lipinski definition) is 5. The number of piperidine rings is 1. The smallest absolute Gasteiger partial charge is 0.222 e. The van der Waals surface area contributed by atoms with Crippen molar-refractivity contribution in [3.63, 3.8) is 0 Å². The Labute approximate surface area is 192 Å². The molecule has 0 spiro atoms. The molecule has 0 atom stereocenters. The highest BCUT2D eigenvalue weighted by Crippen LogP contribution is 2.34. The van der Waals surface area contributed by atoms with Crippen LogP contribution in [0.25, 0.3) is 22.3 Å². The third-order valence-corrected chi connectivity index (χ3v) is 6.44. The van der Waals surface area contributed by atoms with Crippen molar-refractivity contribution < 1.29 is 9.53 Å². The van der Waals surface area contributed by atoms with Crippen LogP contribution in [0.2, 0.25) is 0 Å². The molecule has 1 aliphatic rings. The minimum absolute atomic E-state index is 0.206. The van der Waals surface area contributed by atoms with Crippen LogP contribution >= 0.6 is 0 Å². The molecule has 8 nitrogen and oxygen atoms in total. The predicted molar refractivity (Wildman–Crippen MR) is 126 cm³/mol. The highest BCUT2D eigenvalue weighted by atomic mass is 16.5. The summed E-state index contributed by atoms with van der Waals surface area (Å²) in [7, 11) is 1.69. The fourth-order valence-electron chi connectivity index (χ4n) is 4.60. The van der Waals surface area contributed by atoms with Crippen LogP contribution in [0.5, 0.6) is 5.75 Å². The fourth-order valence-corrected chi connectivity index (χ4v) is 4.60. The van der Waals surface area contributed by atoms with Crippen LogP contribution in [0, 0.1) is 0 Å². The lowest BCUT2D eigenvalue weighted by atomic mass is 9.89. The summed E-state index contributed by atoms with van der Waals surface area (Å²) >= 11 is 0. The van der Waals surface area contributed by atoms with Crippen molar-refractivity contribution in [2.24, 2.45) is 0 Å². The first-order valence-electron chi connectivity index (χ1n) is 11.5. The van der Waals surface area contributed by atoms with E-state index in [-0.39, 0.29) is 5.91 Å². The number of aryl methyl sites for hydroxylation is 1. The molecule has 0 saturated carbocycles. The van der Waals surface area contributed by atoms with E-state index in [2.05, 4.69) is 38.7 Å². The monoisotopic (exact) mass is 444 g/mol. The van der Waals surface area contributed by atoms with Gasteiger partial charge in [-0.3, -0.25) is 4.79 Å². The molecule has 3 heterocycles. The van der Waals surface area contributed by atoms with Crippen LogP contribution in [-0.4, -0.2) is 56.2 Å². The molecule has 1 saturated heterocycles. The number of likely N-dealkylation sites (tertiary alicyclic amines) is 1. The molecule has 1 fully saturated rings. The number of H-pyrrole nitrogens is 1. The van der Waals surface area contributed by atoms with E-state index < -0.39 is 0 Å². The minimum Gasteiger partial charge on any atom is -0.497 e. The highest BCUT2D eigenvalue weighted by molar-refractivity contribution is 5.85. The molecule has 0 unspecified atom stereocenters. The molecule has 4 aromatic rings. The Morgan fingerprint density at radius 1 is 1.15 bits per heavy atom. The molecule has 2 aromatic carbocycles. The zero-order valence-corrected chi connectivity index (χ0v) is 18.8. The Balaban J connectivity index is 1.11. The summed E-state index contributed by atoms with van der Waals surface area (Å²) in [5.74, 6) is 2.13. The van der Waals surface area contributed by atoms with Gasteiger partial charge in [-0.15, -0.1) is 10.2 Å². The van der Waals surface area contributed by atoms with E-state index in [1.54, 1.807) is 11.9 Å². The van der Waals surface area contributed by atoms with Gasteiger partial charge in [0.15, 0.2) is 0 Å². The van der Waals surface area contributed by atoms with E-state index in [0.717, 1.165) is 42.8 Å². The van der Waals surface area contributed by atoms with Gasteiger partial charge in [0.25, 0.3) is 0 Å². The summed E-state index contributed by atoms with van der Waals surface area (Å²) < 4.78 is 5.39. The molecule has 1 aliphatic heterocycles. The molecule has 0 aliphatic carbocycles. The SMILES string of the molecule is COc1ccc2[nH]cc(C3CCN(C(=O)CCCn4nnc(-c5ccccc5)n4)CC3)c2c1.